The number of hydrogen-bond acceptors (Lipinski definition) is 6. The number of carboxylic acids is 1. The normalized spacial score (nSPS) is 19.5. The summed E-state index contributed by atoms with van der Waals surface area (Å²) in [6, 6.07) is 14.6. The molecule has 2 fully saturated rings. The SMILES string of the molecule is C#CCN1CC(=O)N2[C@@H](CC(=O)O)C(=O)N(Cc3ccc(OC)cc3)C[C@@H]2N1C(=O)NCc1ccccc1. The van der Waals surface area contributed by atoms with Gasteiger partial charge in [-0.05, 0) is 23.3 Å². The Hall–Kier alpha value is -4.56. The summed E-state index contributed by atoms with van der Waals surface area (Å²) in [7, 11) is 1.55. The molecule has 4 rings (SSSR count). The molecule has 2 atom stereocenters. The third-order valence-corrected chi connectivity index (χ3v) is 6.50. The van der Waals surface area contributed by atoms with Gasteiger partial charge in [0.15, 0.2) is 0 Å². The molecule has 2 heterocycles. The molecule has 0 bridgehead atoms. The molecular formula is C27H29N5O6. The van der Waals surface area contributed by atoms with Gasteiger partial charge in [-0.1, -0.05) is 48.4 Å². The molecule has 198 valence electrons. The van der Waals surface area contributed by atoms with Crippen molar-refractivity contribution < 1.29 is 29.0 Å². The molecule has 2 aliphatic rings. The summed E-state index contributed by atoms with van der Waals surface area (Å²) >= 11 is 0. The van der Waals surface area contributed by atoms with Crippen molar-refractivity contribution in [1.82, 2.24) is 25.1 Å². The number of nitrogens with zero attached hydrogens (tertiary/aromatic N) is 4. The number of rotatable bonds is 8. The zero-order valence-corrected chi connectivity index (χ0v) is 20.9. The van der Waals surface area contributed by atoms with Gasteiger partial charge in [-0.3, -0.25) is 14.4 Å². The van der Waals surface area contributed by atoms with E-state index in [1.165, 1.54) is 19.8 Å². The quantitative estimate of drug-likeness (QED) is 0.501. The number of amides is 4. The number of hydrogen-bond donors (Lipinski definition) is 2. The number of aliphatic carboxylic acids is 1. The number of carbonyl (C=O) groups is 4. The van der Waals surface area contributed by atoms with Gasteiger partial charge in [0.05, 0.1) is 33.2 Å². The van der Waals surface area contributed by atoms with Crippen LogP contribution in [0.25, 0.3) is 0 Å². The van der Waals surface area contributed by atoms with Crippen LogP contribution in [0.15, 0.2) is 54.6 Å². The number of carboxylic acid groups (broad SMARTS) is 1. The third kappa shape index (κ3) is 5.71. The zero-order valence-electron chi connectivity index (χ0n) is 20.9. The zero-order chi connectivity index (χ0) is 27.2. The van der Waals surface area contributed by atoms with Crippen LogP contribution >= 0.6 is 0 Å². The fourth-order valence-electron chi connectivity index (χ4n) is 4.75. The van der Waals surface area contributed by atoms with Crippen molar-refractivity contribution >= 4 is 23.8 Å². The van der Waals surface area contributed by atoms with Gasteiger partial charge in [0.2, 0.25) is 11.8 Å². The smallest absolute Gasteiger partial charge is 0.334 e. The standard InChI is InChI=1S/C27H29N5O6/c1-3-13-30-18-24(33)31-22(14-25(34)35)26(36)29(16-20-9-11-21(38-2)12-10-20)17-23(31)32(30)27(37)28-15-19-7-5-4-6-8-19/h1,4-12,22-23H,13-18H2,2H3,(H,28,37)(H,34,35)/t22-,23-/m0/s1. The highest BCUT2D eigenvalue weighted by Gasteiger charge is 2.51. The molecule has 11 heteroatoms. The number of hydrazine groups is 1. The molecule has 38 heavy (non-hydrogen) atoms. The van der Waals surface area contributed by atoms with Crippen molar-refractivity contribution in [3.05, 3.63) is 65.7 Å². The molecule has 2 saturated heterocycles. The van der Waals surface area contributed by atoms with Crippen LogP contribution in [0.1, 0.15) is 17.5 Å². The molecule has 0 radical (unpaired) electrons. The topological polar surface area (TPSA) is 123 Å². The van der Waals surface area contributed by atoms with E-state index in [1.54, 1.807) is 31.4 Å². The highest BCUT2D eigenvalue weighted by atomic mass is 16.5. The van der Waals surface area contributed by atoms with Gasteiger partial charge in [0.25, 0.3) is 0 Å². The summed E-state index contributed by atoms with van der Waals surface area (Å²) in [4.78, 5) is 54.6. The first-order valence-electron chi connectivity index (χ1n) is 12.1. The lowest BCUT2D eigenvalue weighted by molar-refractivity contribution is -0.190. The molecule has 4 amide bonds. The Labute approximate surface area is 220 Å². The number of terminal acetylenes is 1. The average molecular weight is 520 g/mol. The highest BCUT2D eigenvalue weighted by Crippen LogP contribution is 2.29. The molecule has 2 aromatic carbocycles. The Bertz CT molecular complexity index is 1230. The van der Waals surface area contributed by atoms with Crippen LogP contribution in [0, 0.1) is 12.3 Å². The second kappa shape index (κ2) is 11.7. The molecule has 0 aromatic heterocycles. The Morgan fingerprint density at radius 2 is 1.82 bits per heavy atom. The van der Waals surface area contributed by atoms with E-state index in [-0.39, 0.29) is 32.7 Å². The van der Waals surface area contributed by atoms with Crippen LogP contribution < -0.4 is 10.1 Å². The lowest BCUT2D eigenvalue weighted by Gasteiger charge is -2.54. The van der Waals surface area contributed by atoms with E-state index in [4.69, 9.17) is 11.2 Å². The summed E-state index contributed by atoms with van der Waals surface area (Å²) in [5.74, 6) is 0.926. The molecule has 0 unspecified atom stereocenters. The van der Waals surface area contributed by atoms with E-state index in [9.17, 15) is 24.3 Å². The van der Waals surface area contributed by atoms with Gasteiger partial charge in [0, 0.05) is 13.1 Å². The van der Waals surface area contributed by atoms with Gasteiger partial charge in [-0.25, -0.2) is 9.80 Å². The van der Waals surface area contributed by atoms with Crippen molar-refractivity contribution in [2.75, 3.05) is 26.7 Å². The maximum atomic E-state index is 13.5. The van der Waals surface area contributed by atoms with Crippen LogP contribution in [-0.4, -0.2) is 87.7 Å². The number of fused-ring (bicyclic) bond motifs is 1. The first-order valence-corrected chi connectivity index (χ1v) is 12.1. The largest absolute Gasteiger partial charge is 0.497 e. The van der Waals surface area contributed by atoms with Gasteiger partial charge in [0.1, 0.15) is 18.0 Å². The maximum Gasteiger partial charge on any atom is 0.334 e. The molecule has 2 aliphatic heterocycles. The van der Waals surface area contributed by atoms with Crippen molar-refractivity contribution in [3.63, 3.8) is 0 Å². The minimum atomic E-state index is -1.27. The van der Waals surface area contributed by atoms with Crippen molar-refractivity contribution in [2.24, 2.45) is 0 Å². The van der Waals surface area contributed by atoms with E-state index in [1.807, 2.05) is 30.3 Å². The Kier molecular flexibility index (Phi) is 8.13. The van der Waals surface area contributed by atoms with Crippen molar-refractivity contribution in [2.45, 2.75) is 31.7 Å². The minimum Gasteiger partial charge on any atom is -0.497 e. The number of ether oxygens (including phenoxy) is 1. The van der Waals surface area contributed by atoms with Crippen LogP contribution in [-0.2, 0) is 27.5 Å². The second-order valence-corrected chi connectivity index (χ2v) is 8.98. The van der Waals surface area contributed by atoms with Gasteiger partial charge < -0.3 is 25.0 Å². The monoisotopic (exact) mass is 519 g/mol. The number of piperazine rings is 1. The number of nitrogens with one attached hydrogen (secondary N) is 1. The summed E-state index contributed by atoms with van der Waals surface area (Å²) in [6.45, 7) is 0.0820. The van der Waals surface area contributed by atoms with E-state index >= 15 is 0 Å². The van der Waals surface area contributed by atoms with Crippen LogP contribution in [0.3, 0.4) is 0 Å². The predicted octanol–water partition coefficient (Wildman–Crippen LogP) is 1.11. The molecule has 11 nitrogen and oxygen atoms in total. The van der Waals surface area contributed by atoms with Crippen LogP contribution in [0.5, 0.6) is 5.75 Å². The molecule has 0 spiro atoms. The van der Waals surface area contributed by atoms with E-state index in [0.29, 0.717) is 5.75 Å². The molecule has 2 aromatic rings. The van der Waals surface area contributed by atoms with Gasteiger partial charge in [-0.2, -0.15) is 5.01 Å². The summed E-state index contributed by atoms with van der Waals surface area (Å²) in [5, 5.41) is 15.2. The predicted molar refractivity (Wildman–Crippen MR) is 136 cm³/mol. The molecule has 0 aliphatic carbocycles. The summed E-state index contributed by atoms with van der Waals surface area (Å²) in [5.41, 5.74) is 1.65. The Morgan fingerprint density at radius 3 is 2.45 bits per heavy atom. The number of carbonyl (C=O) groups excluding carboxylic acids is 3. The summed E-state index contributed by atoms with van der Waals surface area (Å²) < 4.78 is 5.19. The highest BCUT2D eigenvalue weighted by molar-refractivity contribution is 5.93. The van der Waals surface area contributed by atoms with E-state index in [2.05, 4.69) is 11.2 Å². The van der Waals surface area contributed by atoms with E-state index < -0.39 is 42.4 Å². The first-order chi connectivity index (χ1) is 18.3. The molecule has 0 saturated carbocycles. The second-order valence-electron chi connectivity index (χ2n) is 8.98. The lowest BCUT2D eigenvalue weighted by atomic mass is 10.0. The molecule has 2 N–H and O–H groups in total. The third-order valence-electron chi connectivity index (χ3n) is 6.50. The van der Waals surface area contributed by atoms with Gasteiger partial charge >= 0.3 is 12.0 Å². The van der Waals surface area contributed by atoms with E-state index in [0.717, 1.165) is 11.1 Å². The summed E-state index contributed by atoms with van der Waals surface area (Å²) in [6.07, 6.45) is 4.01. The fourth-order valence-corrected chi connectivity index (χ4v) is 4.75. The number of benzene rings is 2. The lowest BCUT2D eigenvalue weighted by Crippen LogP contribution is -2.76. The van der Waals surface area contributed by atoms with Gasteiger partial charge in [-0.15, -0.1) is 6.42 Å². The number of methoxy groups -OCH3 is 1. The Balaban J connectivity index is 1.65. The van der Waals surface area contributed by atoms with Crippen molar-refractivity contribution in [3.8, 4) is 18.1 Å². The fraction of sp³-hybridized carbons (Fsp3) is 0.333. The maximum absolute atomic E-state index is 13.5. The number of urea groups is 1. The average Bonchev–Trinajstić information content (AvgIpc) is 2.90. The van der Waals surface area contributed by atoms with Crippen LogP contribution in [0.4, 0.5) is 4.79 Å². The van der Waals surface area contributed by atoms with Crippen molar-refractivity contribution in [1.29, 1.82) is 0 Å². The minimum absolute atomic E-state index is 0.0213. The van der Waals surface area contributed by atoms with Crippen LogP contribution in [0.2, 0.25) is 0 Å². The molecular weight excluding hydrogens is 490 g/mol. The Morgan fingerprint density at radius 1 is 1.11 bits per heavy atom. The first kappa shape index (κ1) is 26.5.